The predicted octanol–water partition coefficient (Wildman–Crippen LogP) is 5.33. The zero-order valence-corrected chi connectivity index (χ0v) is 14.0. The van der Waals surface area contributed by atoms with Crippen LogP contribution in [0.15, 0.2) is 24.4 Å². The van der Waals surface area contributed by atoms with Gasteiger partial charge in [-0.15, -0.1) is 0 Å². The molecule has 0 amide bonds. The molecule has 0 aliphatic heterocycles. The number of hydrogen-bond donors (Lipinski definition) is 1. The smallest absolute Gasteiger partial charge is 0.150 e. The number of aromatic nitrogens is 2. The van der Waals surface area contributed by atoms with Gasteiger partial charge in [0.25, 0.3) is 0 Å². The minimum atomic E-state index is 0.418. The summed E-state index contributed by atoms with van der Waals surface area (Å²) in [5.41, 5.74) is 8.45. The highest BCUT2D eigenvalue weighted by Crippen LogP contribution is 2.40. The minimum absolute atomic E-state index is 0.418. The second-order valence-electron chi connectivity index (χ2n) is 5.91. The number of benzene rings is 1. The van der Waals surface area contributed by atoms with E-state index in [1.54, 1.807) is 6.07 Å². The molecule has 3 nitrogen and oxygen atoms in total. The number of nitrogens with two attached hydrogens (primary N) is 1. The summed E-state index contributed by atoms with van der Waals surface area (Å²) in [6.07, 6.45) is 6.69. The van der Waals surface area contributed by atoms with Gasteiger partial charge in [0.2, 0.25) is 0 Å². The molecule has 2 N–H and O–H groups in total. The normalized spacial score (nSPS) is 21.2. The number of halogens is 2. The average molecular weight is 336 g/mol. The largest absolute Gasteiger partial charge is 0.382 e. The Balaban J connectivity index is 1.91. The molecule has 2 atom stereocenters. The fraction of sp³-hybridized carbons (Fsp3) is 0.412. The molecule has 1 aromatic heterocycles. The molecular formula is C17H19Cl2N3. The van der Waals surface area contributed by atoms with Gasteiger partial charge in [-0.3, -0.25) is 4.98 Å². The van der Waals surface area contributed by atoms with E-state index in [4.69, 9.17) is 28.9 Å². The molecule has 0 radical (unpaired) electrons. The van der Waals surface area contributed by atoms with E-state index in [0.717, 1.165) is 17.2 Å². The highest BCUT2D eigenvalue weighted by atomic mass is 35.5. The van der Waals surface area contributed by atoms with Crippen molar-refractivity contribution in [2.45, 2.75) is 38.5 Å². The summed E-state index contributed by atoms with van der Waals surface area (Å²) in [6.45, 7) is 2.25. The van der Waals surface area contributed by atoms with Gasteiger partial charge in [0.05, 0.1) is 15.7 Å². The van der Waals surface area contributed by atoms with Gasteiger partial charge in [0, 0.05) is 17.7 Å². The van der Waals surface area contributed by atoms with Gasteiger partial charge in [-0.2, -0.15) is 0 Å². The number of hydrogen-bond acceptors (Lipinski definition) is 3. The highest BCUT2D eigenvalue weighted by Gasteiger charge is 2.26. The molecule has 2 aromatic rings. The summed E-state index contributed by atoms with van der Waals surface area (Å²) >= 11 is 12.3. The molecule has 5 heteroatoms. The first-order valence-electron chi connectivity index (χ1n) is 7.67. The SMILES string of the molecule is CC[C@H]1CCC(c2cnc(-c3cccc(Cl)c3Cl)c(N)n2)C1. The topological polar surface area (TPSA) is 51.8 Å². The van der Waals surface area contributed by atoms with Gasteiger partial charge < -0.3 is 5.73 Å². The van der Waals surface area contributed by atoms with Gasteiger partial charge in [0.1, 0.15) is 11.5 Å². The molecule has 0 spiro atoms. The van der Waals surface area contributed by atoms with E-state index in [9.17, 15) is 0 Å². The quantitative estimate of drug-likeness (QED) is 0.824. The first-order chi connectivity index (χ1) is 10.6. The Hall–Kier alpha value is -1.32. The van der Waals surface area contributed by atoms with Crippen LogP contribution in [0.1, 0.15) is 44.2 Å². The van der Waals surface area contributed by atoms with Crippen LogP contribution in [0.3, 0.4) is 0 Å². The lowest BCUT2D eigenvalue weighted by atomic mass is 10.0. The molecular weight excluding hydrogens is 317 g/mol. The first-order valence-corrected chi connectivity index (χ1v) is 8.42. The standard InChI is InChI=1S/C17H19Cl2N3/c1-2-10-6-7-11(8-10)14-9-21-16(17(20)22-14)12-4-3-5-13(18)15(12)19/h3-5,9-11H,2,6-8H2,1H3,(H2,20,22)/t10-,11?/m0/s1. The Morgan fingerprint density at radius 1 is 1.27 bits per heavy atom. The van der Waals surface area contributed by atoms with Crippen molar-refractivity contribution in [3.05, 3.63) is 40.1 Å². The number of anilines is 1. The lowest BCUT2D eigenvalue weighted by Crippen LogP contribution is -2.05. The monoisotopic (exact) mass is 335 g/mol. The average Bonchev–Trinajstić information content (AvgIpc) is 2.99. The maximum Gasteiger partial charge on any atom is 0.150 e. The third-order valence-electron chi connectivity index (χ3n) is 4.56. The molecule has 1 aliphatic carbocycles. The van der Waals surface area contributed by atoms with E-state index in [1.165, 1.54) is 25.7 Å². The van der Waals surface area contributed by atoms with Crippen LogP contribution in [-0.4, -0.2) is 9.97 Å². The molecule has 1 aliphatic rings. The molecule has 1 heterocycles. The number of nitrogen functional groups attached to an aromatic ring is 1. The van der Waals surface area contributed by atoms with Crippen LogP contribution in [0.4, 0.5) is 5.82 Å². The van der Waals surface area contributed by atoms with Crippen molar-refractivity contribution in [3.8, 4) is 11.3 Å². The van der Waals surface area contributed by atoms with Crippen molar-refractivity contribution in [1.82, 2.24) is 9.97 Å². The first kappa shape index (κ1) is 15.6. The van der Waals surface area contributed by atoms with Crippen molar-refractivity contribution in [2.75, 3.05) is 5.73 Å². The van der Waals surface area contributed by atoms with Gasteiger partial charge in [-0.1, -0.05) is 48.7 Å². The lowest BCUT2D eigenvalue weighted by Gasteiger charge is -2.13. The molecule has 1 fully saturated rings. The van der Waals surface area contributed by atoms with Crippen molar-refractivity contribution in [3.63, 3.8) is 0 Å². The Morgan fingerprint density at radius 2 is 2.09 bits per heavy atom. The molecule has 1 aromatic carbocycles. The second-order valence-corrected chi connectivity index (χ2v) is 6.70. The zero-order chi connectivity index (χ0) is 15.7. The summed E-state index contributed by atoms with van der Waals surface area (Å²) in [5.74, 6) is 1.69. The molecule has 0 bridgehead atoms. The Morgan fingerprint density at radius 3 is 2.77 bits per heavy atom. The van der Waals surface area contributed by atoms with Crippen molar-refractivity contribution < 1.29 is 0 Å². The summed E-state index contributed by atoms with van der Waals surface area (Å²) in [6, 6.07) is 5.44. The van der Waals surface area contributed by atoms with E-state index in [2.05, 4.69) is 16.9 Å². The van der Waals surface area contributed by atoms with Crippen LogP contribution in [0.5, 0.6) is 0 Å². The van der Waals surface area contributed by atoms with E-state index < -0.39 is 0 Å². The van der Waals surface area contributed by atoms with Gasteiger partial charge in [-0.05, 0) is 31.2 Å². The Labute approximate surface area is 140 Å². The molecule has 116 valence electrons. The van der Waals surface area contributed by atoms with Gasteiger partial charge in [-0.25, -0.2) is 4.98 Å². The fourth-order valence-corrected chi connectivity index (χ4v) is 3.61. The van der Waals surface area contributed by atoms with E-state index in [-0.39, 0.29) is 0 Å². The summed E-state index contributed by atoms with van der Waals surface area (Å²) < 4.78 is 0. The Kier molecular flexibility index (Phi) is 4.55. The maximum atomic E-state index is 6.25. The molecule has 22 heavy (non-hydrogen) atoms. The highest BCUT2D eigenvalue weighted by molar-refractivity contribution is 6.43. The van der Waals surface area contributed by atoms with E-state index >= 15 is 0 Å². The van der Waals surface area contributed by atoms with Crippen LogP contribution in [0, 0.1) is 5.92 Å². The second kappa shape index (κ2) is 6.43. The van der Waals surface area contributed by atoms with E-state index in [1.807, 2.05) is 18.3 Å². The predicted molar refractivity (Wildman–Crippen MR) is 92.3 cm³/mol. The van der Waals surface area contributed by atoms with Crippen LogP contribution < -0.4 is 5.73 Å². The maximum absolute atomic E-state index is 6.25. The third kappa shape index (κ3) is 2.92. The molecule has 1 saturated carbocycles. The molecule has 1 unspecified atom stereocenters. The van der Waals surface area contributed by atoms with Gasteiger partial charge >= 0.3 is 0 Å². The summed E-state index contributed by atoms with van der Waals surface area (Å²) in [5, 5.41) is 0.954. The van der Waals surface area contributed by atoms with Crippen LogP contribution >= 0.6 is 23.2 Å². The minimum Gasteiger partial charge on any atom is -0.382 e. The third-order valence-corrected chi connectivity index (χ3v) is 5.38. The number of nitrogens with zero attached hydrogens (tertiary/aromatic N) is 2. The van der Waals surface area contributed by atoms with Crippen LogP contribution in [0.2, 0.25) is 10.0 Å². The van der Waals surface area contributed by atoms with Crippen LogP contribution in [-0.2, 0) is 0 Å². The van der Waals surface area contributed by atoms with Crippen molar-refractivity contribution in [1.29, 1.82) is 0 Å². The van der Waals surface area contributed by atoms with Crippen molar-refractivity contribution in [2.24, 2.45) is 5.92 Å². The Bertz CT molecular complexity index is 688. The van der Waals surface area contributed by atoms with Crippen LogP contribution in [0.25, 0.3) is 11.3 Å². The number of rotatable bonds is 3. The summed E-state index contributed by atoms with van der Waals surface area (Å²) in [7, 11) is 0. The van der Waals surface area contributed by atoms with E-state index in [0.29, 0.717) is 27.5 Å². The van der Waals surface area contributed by atoms with Crippen molar-refractivity contribution >= 4 is 29.0 Å². The van der Waals surface area contributed by atoms with Gasteiger partial charge in [0.15, 0.2) is 0 Å². The molecule has 3 rings (SSSR count). The molecule has 0 saturated heterocycles. The fourth-order valence-electron chi connectivity index (χ4n) is 3.22. The lowest BCUT2D eigenvalue weighted by molar-refractivity contribution is 0.519. The summed E-state index contributed by atoms with van der Waals surface area (Å²) in [4.78, 5) is 9.10. The zero-order valence-electron chi connectivity index (χ0n) is 12.5.